The largest absolute Gasteiger partial charge is 0.507 e. The highest BCUT2D eigenvalue weighted by molar-refractivity contribution is 5.96. The predicted molar refractivity (Wildman–Crippen MR) is 66.9 cm³/mol. The number of aryl methyl sites for hydroxylation is 1. The molecule has 0 saturated carbocycles. The molecule has 1 aliphatic heterocycles. The van der Waals surface area contributed by atoms with E-state index < -0.39 is 11.8 Å². The third-order valence-electron chi connectivity index (χ3n) is 3.21. The smallest absolute Gasteiger partial charge is 0.349 e. The summed E-state index contributed by atoms with van der Waals surface area (Å²) in [5, 5.41) is 9.70. The summed E-state index contributed by atoms with van der Waals surface area (Å²) in [4.78, 5) is 12.1. The maximum atomic E-state index is 12.1. The highest BCUT2D eigenvalue weighted by atomic mass is 16.7. The first-order valence-electron chi connectivity index (χ1n) is 5.87. The molecule has 1 aromatic carbocycles. The Balaban J connectivity index is 2.11. The van der Waals surface area contributed by atoms with Crippen molar-refractivity contribution < 1.29 is 19.4 Å². The van der Waals surface area contributed by atoms with Crippen molar-refractivity contribution in [1.82, 2.24) is 4.57 Å². The first kappa shape index (κ1) is 11.6. The quantitative estimate of drug-likeness (QED) is 0.797. The number of nitrogens with zero attached hydrogens (tertiary/aromatic N) is 1. The Kier molecular flexibility index (Phi) is 2.32. The number of aromatic hydroxyl groups is 1. The van der Waals surface area contributed by atoms with E-state index in [1.54, 1.807) is 19.1 Å². The zero-order valence-electron chi connectivity index (χ0n) is 10.6. The molecule has 1 atom stereocenters. The van der Waals surface area contributed by atoms with Crippen molar-refractivity contribution in [2.75, 3.05) is 0 Å². The Hall–Kier alpha value is -2.43. The fourth-order valence-electron chi connectivity index (χ4n) is 2.31. The van der Waals surface area contributed by atoms with E-state index in [2.05, 4.69) is 0 Å². The van der Waals surface area contributed by atoms with Gasteiger partial charge in [-0.05, 0) is 24.3 Å². The van der Waals surface area contributed by atoms with Gasteiger partial charge in [0.05, 0.1) is 0 Å². The molecule has 1 aromatic heterocycles. The van der Waals surface area contributed by atoms with Crippen molar-refractivity contribution >= 4 is 5.97 Å². The monoisotopic (exact) mass is 259 g/mol. The van der Waals surface area contributed by atoms with Crippen LogP contribution < -0.4 is 4.74 Å². The van der Waals surface area contributed by atoms with Crippen LogP contribution in [0.5, 0.6) is 11.5 Å². The number of fused-ring (bicyclic) bond motifs is 1. The van der Waals surface area contributed by atoms with Gasteiger partial charge >= 0.3 is 5.97 Å². The molecule has 0 fully saturated rings. The van der Waals surface area contributed by atoms with Crippen LogP contribution in [0.15, 0.2) is 36.5 Å². The normalized spacial score (nSPS) is 21.5. The number of benzene rings is 1. The van der Waals surface area contributed by atoms with E-state index in [1.165, 1.54) is 6.07 Å². The fraction of sp³-hybridized carbons (Fsp3) is 0.214. The van der Waals surface area contributed by atoms with Gasteiger partial charge in [0.25, 0.3) is 5.79 Å². The summed E-state index contributed by atoms with van der Waals surface area (Å²) in [6.07, 6.45) is 1.84. The van der Waals surface area contributed by atoms with Gasteiger partial charge < -0.3 is 19.1 Å². The van der Waals surface area contributed by atoms with Gasteiger partial charge in [-0.25, -0.2) is 4.79 Å². The van der Waals surface area contributed by atoms with E-state index in [-0.39, 0.29) is 11.3 Å². The Bertz CT molecular complexity index is 661. The molecule has 1 aliphatic rings. The van der Waals surface area contributed by atoms with Crippen LogP contribution in [-0.2, 0) is 17.6 Å². The summed E-state index contributed by atoms with van der Waals surface area (Å²) in [6.45, 7) is 1.67. The number of aromatic nitrogens is 1. The molecule has 1 N–H and O–H groups in total. The summed E-state index contributed by atoms with van der Waals surface area (Å²) in [6, 6.07) is 8.35. The maximum absolute atomic E-state index is 12.1. The molecule has 0 amide bonds. The van der Waals surface area contributed by atoms with Gasteiger partial charge in [0.1, 0.15) is 22.8 Å². The maximum Gasteiger partial charge on any atom is 0.349 e. The third-order valence-corrected chi connectivity index (χ3v) is 3.21. The Labute approximate surface area is 110 Å². The van der Waals surface area contributed by atoms with Gasteiger partial charge in [0.2, 0.25) is 0 Å². The number of hydrogen-bond acceptors (Lipinski definition) is 4. The Morgan fingerprint density at radius 2 is 2.00 bits per heavy atom. The number of carbonyl (C=O) groups excluding carboxylic acids is 1. The molecular weight excluding hydrogens is 246 g/mol. The number of phenolic OH excluding ortho intramolecular Hbond substituents is 1. The molecule has 0 spiro atoms. The molecule has 0 aliphatic carbocycles. The minimum absolute atomic E-state index is 0.0641. The molecule has 0 radical (unpaired) electrons. The van der Waals surface area contributed by atoms with Gasteiger partial charge in [-0.2, -0.15) is 0 Å². The molecule has 2 aromatic rings. The van der Waals surface area contributed by atoms with E-state index in [9.17, 15) is 9.90 Å². The lowest BCUT2D eigenvalue weighted by atomic mass is 10.1. The molecule has 0 saturated heterocycles. The van der Waals surface area contributed by atoms with Crippen LogP contribution >= 0.6 is 0 Å². The number of esters is 1. The minimum atomic E-state index is -1.20. The summed E-state index contributed by atoms with van der Waals surface area (Å²) in [5.74, 6) is -1.62. The predicted octanol–water partition coefficient (Wildman–Crippen LogP) is 2.15. The molecule has 0 bridgehead atoms. The lowest BCUT2D eigenvalue weighted by Crippen LogP contribution is -2.40. The number of hydrogen-bond donors (Lipinski definition) is 1. The second kappa shape index (κ2) is 3.78. The van der Waals surface area contributed by atoms with Crippen molar-refractivity contribution in [2.24, 2.45) is 7.05 Å². The topological polar surface area (TPSA) is 60.7 Å². The third kappa shape index (κ3) is 1.66. The lowest BCUT2D eigenvalue weighted by Gasteiger charge is -2.35. The van der Waals surface area contributed by atoms with Gasteiger partial charge in [0, 0.05) is 20.2 Å². The van der Waals surface area contributed by atoms with Gasteiger partial charge in [-0.3, -0.25) is 0 Å². The van der Waals surface area contributed by atoms with Gasteiger partial charge in [0.15, 0.2) is 0 Å². The van der Waals surface area contributed by atoms with Crippen molar-refractivity contribution in [3.63, 3.8) is 0 Å². The van der Waals surface area contributed by atoms with Crippen molar-refractivity contribution in [1.29, 1.82) is 0 Å². The number of phenols is 1. The van der Waals surface area contributed by atoms with Crippen LogP contribution in [0.4, 0.5) is 0 Å². The van der Waals surface area contributed by atoms with Gasteiger partial charge in [-0.15, -0.1) is 0 Å². The highest BCUT2D eigenvalue weighted by Gasteiger charge is 2.42. The van der Waals surface area contributed by atoms with Crippen molar-refractivity contribution in [3.05, 3.63) is 47.8 Å². The van der Waals surface area contributed by atoms with Gasteiger partial charge in [-0.1, -0.05) is 6.07 Å². The van der Waals surface area contributed by atoms with E-state index in [1.807, 2.05) is 29.9 Å². The van der Waals surface area contributed by atoms with Crippen LogP contribution in [0.2, 0.25) is 0 Å². The summed E-state index contributed by atoms with van der Waals surface area (Å²) in [7, 11) is 1.84. The van der Waals surface area contributed by atoms with Crippen molar-refractivity contribution in [2.45, 2.75) is 12.7 Å². The van der Waals surface area contributed by atoms with E-state index in [0.29, 0.717) is 5.75 Å². The Morgan fingerprint density at radius 1 is 1.21 bits per heavy atom. The molecule has 5 heteroatoms. The zero-order chi connectivity index (χ0) is 13.6. The lowest BCUT2D eigenvalue weighted by molar-refractivity contribution is -0.152. The molecule has 1 unspecified atom stereocenters. The number of rotatable bonds is 1. The molecule has 2 heterocycles. The average Bonchev–Trinajstić information content (AvgIpc) is 2.75. The van der Waals surface area contributed by atoms with Crippen LogP contribution in [0.25, 0.3) is 0 Å². The average molecular weight is 259 g/mol. The minimum Gasteiger partial charge on any atom is -0.507 e. The molecular formula is C14H13NO4. The highest BCUT2D eigenvalue weighted by Crippen LogP contribution is 2.40. The first-order valence-corrected chi connectivity index (χ1v) is 5.87. The van der Waals surface area contributed by atoms with E-state index in [0.717, 1.165) is 5.69 Å². The Morgan fingerprint density at radius 3 is 2.68 bits per heavy atom. The van der Waals surface area contributed by atoms with Crippen LogP contribution in [0.1, 0.15) is 23.0 Å². The second-order valence-corrected chi connectivity index (χ2v) is 4.59. The van der Waals surface area contributed by atoms with Crippen LogP contribution in [-0.4, -0.2) is 15.6 Å². The zero-order valence-corrected chi connectivity index (χ0v) is 10.6. The molecule has 5 nitrogen and oxygen atoms in total. The molecule has 19 heavy (non-hydrogen) atoms. The van der Waals surface area contributed by atoms with Crippen LogP contribution in [0.3, 0.4) is 0 Å². The van der Waals surface area contributed by atoms with E-state index >= 15 is 0 Å². The summed E-state index contributed by atoms with van der Waals surface area (Å²) in [5.41, 5.74) is 0.782. The molecule has 3 rings (SSSR count). The first-order chi connectivity index (χ1) is 9.01. The number of cyclic esters (lactones) is 1. The summed E-state index contributed by atoms with van der Waals surface area (Å²) < 4.78 is 13.0. The van der Waals surface area contributed by atoms with Crippen LogP contribution in [0, 0.1) is 0 Å². The van der Waals surface area contributed by atoms with Crippen molar-refractivity contribution in [3.8, 4) is 11.5 Å². The number of carbonyl (C=O) groups is 1. The number of ether oxygens (including phenoxy) is 2. The standard InChI is InChI=1S/C14H13NO4/c1-14(11-7-4-8-15(11)2)18-10-6-3-5-9(16)12(10)13(17)19-14/h3-8,16H,1-2H3. The molecule has 98 valence electrons. The summed E-state index contributed by atoms with van der Waals surface area (Å²) >= 11 is 0. The second-order valence-electron chi connectivity index (χ2n) is 4.59. The van der Waals surface area contributed by atoms with E-state index in [4.69, 9.17) is 9.47 Å². The fourth-order valence-corrected chi connectivity index (χ4v) is 2.31. The SMILES string of the molecule is Cn1cccc1C1(C)OC(=O)c2c(O)cccc2O1.